The lowest BCUT2D eigenvalue weighted by Gasteiger charge is -2.15. The maximum atomic E-state index is 8.88. The minimum absolute atomic E-state index is 0.233. The zero-order valence-electron chi connectivity index (χ0n) is 12.5. The standard InChI is InChI=1S/C18H20N2O/c1-14-5-3-8-18(9-14)21-13-15(2)20-12-17-7-4-6-16(10-17)11-19/h3-10,15,20H,12-13H2,1-2H3. The van der Waals surface area contributed by atoms with Crippen LogP contribution in [0.3, 0.4) is 0 Å². The molecule has 0 heterocycles. The summed E-state index contributed by atoms with van der Waals surface area (Å²) in [5, 5.41) is 12.3. The zero-order chi connectivity index (χ0) is 15.1. The lowest BCUT2D eigenvalue weighted by atomic mass is 10.1. The molecule has 0 amide bonds. The van der Waals surface area contributed by atoms with Gasteiger partial charge in [-0.25, -0.2) is 0 Å². The molecule has 0 aliphatic heterocycles. The van der Waals surface area contributed by atoms with Gasteiger partial charge in [-0.2, -0.15) is 5.26 Å². The van der Waals surface area contributed by atoms with E-state index in [9.17, 15) is 0 Å². The molecule has 3 heteroatoms. The van der Waals surface area contributed by atoms with Gasteiger partial charge >= 0.3 is 0 Å². The SMILES string of the molecule is Cc1cccc(OCC(C)NCc2cccc(C#N)c2)c1. The first-order valence-electron chi connectivity index (χ1n) is 7.09. The lowest BCUT2D eigenvalue weighted by Crippen LogP contribution is -2.31. The van der Waals surface area contributed by atoms with Crippen LogP contribution in [0.4, 0.5) is 0 Å². The normalized spacial score (nSPS) is 11.7. The monoisotopic (exact) mass is 280 g/mol. The number of rotatable bonds is 6. The Hall–Kier alpha value is -2.31. The molecule has 0 bridgehead atoms. The molecule has 0 aromatic heterocycles. The molecule has 0 saturated carbocycles. The maximum absolute atomic E-state index is 8.88. The van der Waals surface area contributed by atoms with E-state index in [4.69, 9.17) is 10.00 Å². The van der Waals surface area contributed by atoms with Crippen molar-refractivity contribution >= 4 is 0 Å². The molecule has 0 fully saturated rings. The fraction of sp³-hybridized carbons (Fsp3) is 0.278. The number of ether oxygens (including phenoxy) is 1. The summed E-state index contributed by atoms with van der Waals surface area (Å²) in [5.41, 5.74) is 3.00. The summed E-state index contributed by atoms with van der Waals surface area (Å²) >= 11 is 0. The van der Waals surface area contributed by atoms with Crippen molar-refractivity contribution in [2.45, 2.75) is 26.4 Å². The Balaban J connectivity index is 1.79. The van der Waals surface area contributed by atoms with Crippen molar-refractivity contribution in [1.82, 2.24) is 5.32 Å². The first kappa shape index (κ1) is 15.1. The predicted molar refractivity (Wildman–Crippen MR) is 84.1 cm³/mol. The van der Waals surface area contributed by atoms with E-state index in [0.29, 0.717) is 12.2 Å². The van der Waals surface area contributed by atoms with Crippen LogP contribution in [0.5, 0.6) is 5.75 Å². The highest BCUT2D eigenvalue weighted by atomic mass is 16.5. The van der Waals surface area contributed by atoms with Crippen LogP contribution in [0.15, 0.2) is 48.5 Å². The van der Waals surface area contributed by atoms with Gasteiger partial charge < -0.3 is 10.1 Å². The van der Waals surface area contributed by atoms with Gasteiger partial charge in [-0.15, -0.1) is 0 Å². The smallest absolute Gasteiger partial charge is 0.119 e. The van der Waals surface area contributed by atoms with Crippen LogP contribution < -0.4 is 10.1 Å². The summed E-state index contributed by atoms with van der Waals surface area (Å²) < 4.78 is 5.77. The first-order valence-corrected chi connectivity index (χ1v) is 7.09. The summed E-state index contributed by atoms with van der Waals surface area (Å²) in [6, 6.07) is 18.1. The lowest BCUT2D eigenvalue weighted by molar-refractivity contribution is 0.272. The Bertz CT molecular complexity index is 631. The molecule has 0 aliphatic carbocycles. The second-order valence-electron chi connectivity index (χ2n) is 5.22. The summed E-state index contributed by atoms with van der Waals surface area (Å²) in [7, 11) is 0. The van der Waals surface area contributed by atoms with Gasteiger partial charge in [-0.1, -0.05) is 24.3 Å². The van der Waals surface area contributed by atoms with Gasteiger partial charge in [0.15, 0.2) is 0 Å². The Morgan fingerprint density at radius 2 is 2.00 bits per heavy atom. The van der Waals surface area contributed by atoms with Gasteiger partial charge in [-0.05, 0) is 49.2 Å². The zero-order valence-corrected chi connectivity index (χ0v) is 12.5. The fourth-order valence-corrected chi connectivity index (χ4v) is 2.03. The van der Waals surface area contributed by atoms with Crippen LogP contribution in [-0.4, -0.2) is 12.6 Å². The summed E-state index contributed by atoms with van der Waals surface area (Å²) in [6.07, 6.45) is 0. The van der Waals surface area contributed by atoms with Crippen LogP contribution >= 0.6 is 0 Å². The molecule has 1 N–H and O–H groups in total. The average Bonchev–Trinajstić information content (AvgIpc) is 2.51. The molecule has 0 radical (unpaired) electrons. The maximum Gasteiger partial charge on any atom is 0.119 e. The van der Waals surface area contributed by atoms with Crippen molar-refractivity contribution in [2.75, 3.05) is 6.61 Å². The molecule has 0 spiro atoms. The predicted octanol–water partition coefficient (Wildman–Crippen LogP) is 3.42. The Morgan fingerprint density at radius 1 is 1.19 bits per heavy atom. The number of benzene rings is 2. The van der Waals surface area contributed by atoms with Crippen molar-refractivity contribution in [3.8, 4) is 11.8 Å². The van der Waals surface area contributed by atoms with E-state index in [-0.39, 0.29) is 6.04 Å². The molecular formula is C18H20N2O. The third kappa shape index (κ3) is 4.94. The van der Waals surface area contributed by atoms with E-state index in [1.165, 1.54) is 5.56 Å². The molecule has 1 unspecified atom stereocenters. The number of aryl methyl sites for hydroxylation is 1. The van der Waals surface area contributed by atoms with Gasteiger partial charge in [0, 0.05) is 12.6 Å². The molecule has 2 aromatic rings. The molecule has 1 atom stereocenters. The third-order valence-electron chi connectivity index (χ3n) is 3.20. The summed E-state index contributed by atoms with van der Waals surface area (Å²) in [5.74, 6) is 0.898. The molecule has 2 rings (SSSR count). The van der Waals surface area contributed by atoms with Crippen LogP contribution in [-0.2, 0) is 6.54 Å². The highest BCUT2D eigenvalue weighted by molar-refractivity contribution is 5.32. The Morgan fingerprint density at radius 3 is 2.76 bits per heavy atom. The summed E-state index contributed by atoms with van der Waals surface area (Å²) in [4.78, 5) is 0. The number of nitrogens with one attached hydrogen (secondary N) is 1. The van der Waals surface area contributed by atoms with Crippen molar-refractivity contribution in [2.24, 2.45) is 0 Å². The number of hydrogen-bond acceptors (Lipinski definition) is 3. The average molecular weight is 280 g/mol. The highest BCUT2D eigenvalue weighted by Crippen LogP contribution is 2.12. The topological polar surface area (TPSA) is 45.0 Å². The van der Waals surface area contributed by atoms with E-state index in [1.54, 1.807) is 0 Å². The quantitative estimate of drug-likeness (QED) is 0.881. The Kier molecular flexibility index (Phi) is 5.36. The molecule has 0 saturated heterocycles. The van der Waals surface area contributed by atoms with E-state index >= 15 is 0 Å². The minimum Gasteiger partial charge on any atom is -0.492 e. The van der Waals surface area contributed by atoms with E-state index < -0.39 is 0 Å². The van der Waals surface area contributed by atoms with Crippen LogP contribution in [0.2, 0.25) is 0 Å². The number of hydrogen-bond donors (Lipinski definition) is 1. The summed E-state index contributed by atoms with van der Waals surface area (Å²) in [6.45, 7) is 5.48. The van der Waals surface area contributed by atoms with Gasteiger partial charge in [0.2, 0.25) is 0 Å². The van der Waals surface area contributed by atoms with Crippen molar-refractivity contribution in [1.29, 1.82) is 5.26 Å². The van der Waals surface area contributed by atoms with Gasteiger partial charge in [0.05, 0.1) is 11.6 Å². The minimum atomic E-state index is 0.233. The van der Waals surface area contributed by atoms with Crippen molar-refractivity contribution in [3.05, 3.63) is 65.2 Å². The van der Waals surface area contributed by atoms with Crippen molar-refractivity contribution in [3.63, 3.8) is 0 Å². The molecule has 21 heavy (non-hydrogen) atoms. The molecular weight excluding hydrogens is 260 g/mol. The van der Waals surface area contributed by atoms with Crippen LogP contribution in [0.1, 0.15) is 23.6 Å². The van der Waals surface area contributed by atoms with Crippen molar-refractivity contribution < 1.29 is 4.74 Å². The number of nitrogens with zero attached hydrogens (tertiary/aromatic N) is 1. The van der Waals surface area contributed by atoms with Crippen LogP contribution in [0, 0.1) is 18.3 Å². The van der Waals surface area contributed by atoms with E-state index in [2.05, 4.69) is 31.3 Å². The Labute approximate surface area is 126 Å². The van der Waals surface area contributed by atoms with Gasteiger partial charge in [0.1, 0.15) is 12.4 Å². The second kappa shape index (κ2) is 7.47. The molecule has 3 nitrogen and oxygen atoms in total. The first-order chi connectivity index (χ1) is 10.2. The third-order valence-corrected chi connectivity index (χ3v) is 3.20. The molecule has 2 aromatic carbocycles. The van der Waals surface area contributed by atoms with Crippen LogP contribution in [0.25, 0.3) is 0 Å². The van der Waals surface area contributed by atoms with Gasteiger partial charge in [0.25, 0.3) is 0 Å². The number of nitriles is 1. The second-order valence-corrected chi connectivity index (χ2v) is 5.22. The van der Waals surface area contributed by atoms with E-state index in [0.717, 1.165) is 17.9 Å². The molecule has 108 valence electrons. The molecule has 0 aliphatic rings. The van der Waals surface area contributed by atoms with Gasteiger partial charge in [-0.3, -0.25) is 0 Å². The fourth-order valence-electron chi connectivity index (χ4n) is 2.03. The largest absolute Gasteiger partial charge is 0.492 e. The highest BCUT2D eigenvalue weighted by Gasteiger charge is 2.03. The van der Waals surface area contributed by atoms with E-state index in [1.807, 2.05) is 42.5 Å².